The number of piperidine rings is 1. The van der Waals surface area contributed by atoms with Gasteiger partial charge in [0.25, 0.3) is 11.8 Å². The van der Waals surface area contributed by atoms with Gasteiger partial charge in [0.05, 0.1) is 88.3 Å². The molecule has 0 radical (unpaired) electrons. The average Bonchev–Trinajstić information content (AvgIpc) is 4.09. The summed E-state index contributed by atoms with van der Waals surface area (Å²) in [6, 6.07) is 20.6. The lowest BCUT2D eigenvalue weighted by Gasteiger charge is -2.35. The van der Waals surface area contributed by atoms with E-state index in [0.29, 0.717) is 96.9 Å². The van der Waals surface area contributed by atoms with Crippen molar-refractivity contribution in [1.82, 2.24) is 34.7 Å². The van der Waals surface area contributed by atoms with Gasteiger partial charge in [-0.1, -0.05) is 24.3 Å². The molecule has 2 atom stereocenters. The molecule has 20 heteroatoms. The van der Waals surface area contributed by atoms with E-state index in [2.05, 4.69) is 25.4 Å². The molecule has 362 valence electrons. The second-order valence-electron chi connectivity index (χ2n) is 17.1. The maximum absolute atomic E-state index is 14.1. The van der Waals surface area contributed by atoms with E-state index in [-0.39, 0.29) is 48.2 Å². The van der Waals surface area contributed by atoms with Gasteiger partial charge >= 0.3 is 0 Å². The lowest BCUT2D eigenvalue weighted by molar-refractivity contribution is -0.136. The number of hydrogen-bond donors (Lipinski definition) is 2. The lowest BCUT2D eigenvalue weighted by Crippen LogP contribution is -2.54. The summed E-state index contributed by atoms with van der Waals surface area (Å²) in [5.41, 5.74) is 4.04. The van der Waals surface area contributed by atoms with Crippen molar-refractivity contribution in [2.75, 3.05) is 107 Å². The van der Waals surface area contributed by atoms with Gasteiger partial charge in [0.2, 0.25) is 17.7 Å². The van der Waals surface area contributed by atoms with Crippen LogP contribution in [-0.4, -0.2) is 157 Å². The van der Waals surface area contributed by atoms with Crippen molar-refractivity contribution in [3.8, 4) is 11.4 Å². The average molecular weight is 947 g/mol. The quantitative estimate of drug-likeness (QED) is 0.0792. The minimum Gasteiger partial charge on any atom is -0.382 e. The van der Waals surface area contributed by atoms with Crippen LogP contribution in [0.5, 0.6) is 0 Å². The third kappa shape index (κ3) is 10.9. The monoisotopic (exact) mass is 946 g/mol. The number of halogens is 1. The first kappa shape index (κ1) is 47.2. The summed E-state index contributed by atoms with van der Waals surface area (Å²) in [5.74, 6) is -0.780. The van der Waals surface area contributed by atoms with Gasteiger partial charge in [-0.25, -0.2) is 18.9 Å². The van der Waals surface area contributed by atoms with Crippen LogP contribution in [0.1, 0.15) is 64.4 Å². The van der Waals surface area contributed by atoms with Crippen LogP contribution in [0.25, 0.3) is 17.0 Å². The molecule has 0 spiro atoms. The molecule has 0 aliphatic carbocycles. The number of rotatable bonds is 21. The van der Waals surface area contributed by atoms with Crippen molar-refractivity contribution >= 4 is 52.5 Å². The third-order valence-corrected chi connectivity index (χ3v) is 12.7. The molecule has 0 saturated carbocycles. The number of hydrogen-bond acceptors (Lipinski definition) is 15. The van der Waals surface area contributed by atoms with E-state index in [9.17, 15) is 28.4 Å². The largest absolute Gasteiger partial charge is 0.382 e. The Morgan fingerprint density at radius 2 is 1.49 bits per heavy atom. The van der Waals surface area contributed by atoms with E-state index < -0.39 is 29.7 Å². The van der Waals surface area contributed by atoms with Crippen molar-refractivity contribution in [3.05, 3.63) is 102 Å². The maximum Gasteiger partial charge on any atom is 0.264 e. The minimum absolute atomic E-state index is 0.0435. The second kappa shape index (κ2) is 22.0. The van der Waals surface area contributed by atoms with Gasteiger partial charge in [-0.15, -0.1) is 5.10 Å². The van der Waals surface area contributed by atoms with E-state index in [1.54, 1.807) is 36.5 Å². The molecule has 4 aliphatic rings. The number of anilines is 3. The van der Waals surface area contributed by atoms with Crippen molar-refractivity contribution in [3.63, 3.8) is 0 Å². The second-order valence-corrected chi connectivity index (χ2v) is 17.1. The van der Waals surface area contributed by atoms with Gasteiger partial charge in [-0.05, 0) is 73.4 Å². The van der Waals surface area contributed by atoms with Crippen LogP contribution in [-0.2, 0) is 33.3 Å². The van der Waals surface area contributed by atoms with Crippen molar-refractivity contribution < 1.29 is 47.3 Å². The number of amides is 5. The summed E-state index contributed by atoms with van der Waals surface area (Å²) >= 11 is 0. The van der Waals surface area contributed by atoms with Gasteiger partial charge in [-0.3, -0.25) is 34.2 Å². The summed E-state index contributed by atoms with van der Waals surface area (Å²) in [6.07, 6.45) is 4.13. The Morgan fingerprint density at radius 3 is 2.26 bits per heavy atom. The first-order chi connectivity index (χ1) is 33.7. The number of carbonyl (C=O) groups excluding carboxylic acids is 5. The number of nitrogens with one attached hydrogen (secondary N) is 2. The number of fused-ring (bicyclic) bond motifs is 2. The van der Waals surface area contributed by atoms with Crippen molar-refractivity contribution in [1.29, 1.82) is 0 Å². The van der Waals surface area contributed by atoms with Crippen LogP contribution >= 0.6 is 0 Å². The zero-order chi connectivity index (χ0) is 47.7. The first-order valence-corrected chi connectivity index (χ1v) is 23.5. The maximum atomic E-state index is 14.1. The lowest BCUT2D eigenvalue weighted by atomic mass is 10.0. The molecule has 19 nitrogen and oxygen atoms in total. The molecule has 5 aromatic rings. The Balaban J connectivity index is 0.619. The van der Waals surface area contributed by atoms with Crippen LogP contribution < -0.4 is 20.4 Å². The predicted octanol–water partition coefficient (Wildman–Crippen LogP) is 3.89. The summed E-state index contributed by atoms with van der Waals surface area (Å²) in [6.45, 7) is 6.44. The Labute approximate surface area is 397 Å². The Kier molecular flexibility index (Phi) is 15.1. The fourth-order valence-electron chi connectivity index (χ4n) is 9.22. The van der Waals surface area contributed by atoms with Crippen LogP contribution in [0.3, 0.4) is 0 Å². The summed E-state index contributed by atoms with van der Waals surface area (Å²) in [4.78, 5) is 80.0. The molecular formula is C49H55FN10O9. The standard InChI is InChI=1S/C49H55FN10O9/c50-34-6-1-5-33(31-34)38-10-4-18-58(38)43-14-13-41-52-32-40(60(41)55-43)36-8-3-11-42(53-36)56-19-21-57(22-20-56)45(62)16-23-66-25-27-68-29-30-69-28-26-67-24-17-51-37-9-2-7-35-46(37)49(65)59(48(35)64)39-12-15-44(61)54-47(39)63/h1-3,5-9,11,13-14,31-32,38-39,51H,4,10,12,15-30H2,(H,54,61,63)/t38-,39?/m1/s1. The molecular weight excluding hydrogens is 892 g/mol. The van der Waals surface area contributed by atoms with Gasteiger partial charge in [0, 0.05) is 51.4 Å². The number of aromatic nitrogens is 4. The minimum atomic E-state index is -1.03. The third-order valence-electron chi connectivity index (χ3n) is 12.7. The topological polar surface area (TPSA) is 202 Å². The fraction of sp³-hybridized carbons (Fsp3) is 0.429. The fourth-order valence-corrected chi connectivity index (χ4v) is 9.22. The van der Waals surface area contributed by atoms with E-state index >= 15 is 0 Å². The molecule has 69 heavy (non-hydrogen) atoms. The highest BCUT2D eigenvalue weighted by Crippen LogP contribution is 2.36. The molecule has 5 amide bonds. The van der Waals surface area contributed by atoms with Crippen LogP contribution in [0.15, 0.2) is 79.0 Å². The molecule has 2 aromatic carbocycles. The number of benzene rings is 2. The van der Waals surface area contributed by atoms with Crippen LogP contribution in [0.2, 0.25) is 0 Å². The van der Waals surface area contributed by atoms with Gasteiger partial charge < -0.3 is 39.0 Å². The summed E-state index contributed by atoms with van der Waals surface area (Å²) < 4.78 is 38.4. The van der Waals surface area contributed by atoms with E-state index in [0.717, 1.165) is 52.9 Å². The number of imidazole rings is 1. The number of nitrogens with zero attached hydrogens (tertiary/aromatic N) is 8. The molecule has 3 fully saturated rings. The SMILES string of the molecule is O=C1CCC(N2C(=O)c3cccc(NCCOCCOCCOCCOCCC(=O)N4CCN(c5cccc(-c6cnc7ccc(N8CCC[C@@H]8c8cccc(F)c8)nn67)n5)CC4)c3C2=O)C(=O)N1. The van der Waals surface area contributed by atoms with Crippen LogP contribution in [0, 0.1) is 5.82 Å². The molecule has 3 aromatic heterocycles. The first-order valence-electron chi connectivity index (χ1n) is 23.5. The molecule has 7 heterocycles. The van der Waals surface area contributed by atoms with Crippen molar-refractivity contribution in [2.45, 2.75) is 44.2 Å². The predicted molar refractivity (Wildman–Crippen MR) is 250 cm³/mol. The van der Waals surface area contributed by atoms with Crippen molar-refractivity contribution in [2.24, 2.45) is 0 Å². The molecule has 3 saturated heterocycles. The van der Waals surface area contributed by atoms with Gasteiger partial charge in [0.15, 0.2) is 5.65 Å². The molecule has 0 bridgehead atoms. The summed E-state index contributed by atoms with van der Waals surface area (Å²) in [5, 5.41) is 10.3. The Bertz CT molecular complexity index is 2680. The molecule has 2 N–H and O–H groups in total. The normalized spacial score (nSPS) is 18.4. The van der Waals surface area contributed by atoms with Crippen LogP contribution in [0.4, 0.5) is 21.7 Å². The molecule has 4 aliphatic heterocycles. The van der Waals surface area contributed by atoms with E-state index in [1.807, 2.05) is 45.8 Å². The zero-order valence-corrected chi connectivity index (χ0v) is 38.2. The van der Waals surface area contributed by atoms with Gasteiger partial charge in [0.1, 0.15) is 29.2 Å². The highest BCUT2D eigenvalue weighted by molar-refractivity contribution is 6.25. The molecule has 9 rings (SSSR count). The number of pyridine rings is 1. The smallest absolute Gasteiger partial charge is 0.264 e. The number of carbonyl (C=O) groups is 5. The number of imide groups is 2. The number of piperazine rings is 1. The van der Waals surface area contributed by atoms with E-state index in [4.69, 9.17) is 29.0 Å². The van der Waals surface area contributed by atoms with E-state index in [1.165, 1.54) is 6.07 Å². The van der Waals surface area contributed by atoms with Gasteiger partial charge in [-0.2, -0.15) is 0 Å². The Hall–Kier alpha value is -6.87. The highest BCUT2D eigenvalue weighted by Gasteiger charge is 2.45. The Morgan fingerprint density at radius 1 is 0.754 bits per heavy atom. The molecule has 1 unspecified atom stereocenters. The zero-order valence-electron chi connectivity index (χ0n) is 38.2. The number of ether oxygens (including phenoxy) is 4. The highest BCUT2D eigenvalue weighted by atomic mass is 19.1. The summed E-state index contributed by atoms with van der Waals surface area (Å²) in [7, 11) is 0.